The summed E-state index contributed by atoms with van der Waals surface area (Å²) in [5.74, 6) is -4.14. The van der Waals surface area contributed by atoms with E-state index in [4.69, 9.17) is 27.3 Å². The van der Waals surface area contributed by atoms with E-state index < -0.39 is 23.4 Å². The first kappa shape index (κ1) is 33.3. The van der Waals surface area contributed by atoms with E-state index in [1.54, 1.807) is 19.1 Å². The van der Waals surface area contributed by atoms with Crippen LogP contribution in [0, 0.1) is 10.8 Å². The van der Waals surface area contributed by atoms with Gasteiger partial charge in [-0.15, -0.1) is 4.91 Å². The number of benzene rings is 2. The molecule has 248 valence electrons. The van der Waals surface area contributed by atoms with Gasteiger partial charge >= 0.3 is 5.91 Å². The zero-order valence-electron chi connectivity index (χ0n) is 26.3. The lowest BCUT2D eigenvalue weighted by Gasteiger charge is -2.41. The number of carbonyl (C=O) groups excluding carboxylic acids is 2. The summed E-state index contributed by atoms with van der Waals surface area (Å²) in [5, 5.41) is 7.56. The average molecular weight is 693 g/mol. The summed E-state index contributed by atoms with van der Waals surface area (Å²) in [6, 6.07) is 10.1. The number of aromatic nitrogens is 3. The van der Waals surface area contributed by atoms with Gasteiger partial charge < -0.3 is 16.0 Å². The van der Waals surface area contributed by atoms with Gasteiger partial charge in [0.1, 0.15) is 22.7 Å². The molecule has 1 fully saturated rings. The van der Waals surface area contributed by atoms with Gasteiger partial charge in [0, 0.05) is 47.9 Å². The van der Waals surface area contributed by atoms with Crippen molar-refractivity contribution in [1.82, 2.24) is 20.3 Å². The number of fused-ring (bicyclic) bond motifs is 2. The first-order valence-electron chi connectivity index (χ1n) is 15.3. The van der Waals surface area contributed by atoms with Crippen molar-refractivity contribution in [3.63, 3.8) is 0 Å². The SMILES string of the molecule is CCc1cc(N)c2nc(Sc3ccc4ccc(C(=O)N=O)nc4c3)nc(N3CC(CNC(=O)C4=CCC(C)N=C4C(C)(F)F)C3)c2c1Cl. The fourth-order valence-electron chi connectivity index (χ4n) is 5.77. The summed E-state index contributed by atoms with van der Waals surface area (Å²) in [5.41, 5.74) is 8.16. The Morgan fingerprint density at radius 1 is 1.17 bits per heavy atom. The van der Waals surface area contributed by atoms with Gasteiger partial charge in [0.05, 0.1) is 33.2 Å². The Hall–Kier alpha value is -4.56. The number of carbonyl (C=O) groups is 2. The minimum atomic E-state index is -3.23. The number of alkyl halides is 2. The molecule has 0 saturated carbocycles. The molecular formula is C33H31ClF2N8O3S. The van der Waals surface area contributed by atoms with Crippen molar-refractivity contribution < 1.29 is 18.4 Å². The second-order valence-electron chi connectivity index (χ2n) is 11.9. The predicted molar refractivity (Wildman–Crippen MR) is 183 cm³/mol. The van der Waals surface area contributed by atoms with Gasteiger partial charge in [0.15, 0.2) is 5.16 Å². The number of nitrogens with one attached hydrogen (secondary N) is 1. The zero-order valence-corrected chi connectivity index (χ0v) is 27.8. The number of amides is 2. The Bertz CT molecular complexity index is 2050. The van der Waals surface area contributed by atoms with Crippen molar-refractivity contribution in [3.05, 3.63) is 69.2 Å². The van der Waals surface area contributed by atoms with E-state index in [2.05, 4.69) is 20.5 Å². The van der Waals surface area contributed by atoms with Crippen LogP contribution < -0.4 is 16.0 Å². The van der Waals surface area contributed by atoms with E-state index in [1.807, 2.05) is 30.0 Å². The lowest BCUT2D eigenvalue weighted by atomic mass is 9.96. The van der Waals surface area contributed by atoms with Gasteiger partial charge in [0.25, 0.3) is 11.8 Å². The average Bonchev–Trinajstić information content (AvgIpc) is 3.04. The van der Waals surface area contributed by atoms with Crippen molar-refractivity contribution in [3.8, 4) is 0 Å². The third kappa shape index (κ3) is 6.59. The molecule has 4 heterocycles. The third-order valence-electron chi connectivity index (χ3n) is 8.27. The van der Waals surface area contributed by atoms with Crippen LogP contribution in [-0.2, 0) is 11.2 Å². The Morgan fingerprint density at radius 3 is 2.62 bits per heavy atom. The highest BCUT2D eigenvalue weighted by Crippen LogP contribution is 2.41. The molecule has 3 N–H and O–H groups in total. The maximum atomic E-state index is 14.2. The Morgan fingerprint density at radius 2 is 1.92 bits per heavy atom. The second kappa shape index (κ2) is 13.2. The molecule has 4 aromatic rings. The van der Waals surface area contributed by atoms with Crippen LogP contribution in [0.2, 0.25) is 5.02 Å². The number of hydrogen-bond donors (Lipinski definition) is 2. The predicted octanol–water partition coefficient (Wildman–Crippen LogP) is 6.40. The van der Waals surface area contributed by atoms with E-state index in [-0.39, 0.29) is 29.8 Å². The molecule has 48 heavy (non-hydrogen) atoms. The van der Waals surface area contributed by atoms with Crippen LogP contribution in [0.15, 0.2) is 68.3 Å². The maximum Gasteiger partial charge on any atom is 0.335 e. The molecule has 2 aromatic heterocycles. The molecule has 1 unspecified atom stereocenters. The number of aliphatic imine (C=N–C) groups is 1. The number of rotatable bonds is 9. The number of nitrogen functional groups attached to an aromatic ring is 1. The molecule has 0 radical (unpaired) electrons. The summed E-state index contributed by atoms with van der Waals surface area (Å²) >= 11 is 8.16. The molecule has 6 rings (SSSR count). The van der Waals surface area contributed by atoms with E-state index in [9.17, 15) is 23.3 Å². The number of nitrogens with zero attached hydrogens (tertiary/aromatic N) is 6. The van der Waals surface area contributed by atoms with Crippen LogP contribution >= 0.6 is 23.4 Å². The van der Waals surface area contributed by atoms with Crippen LogP contribution in [0.1, 0.15) is 43.2 Å². The number of dihydropyridines is 1. The number of aryl methyl sites for hydroxylation is 1. The fourth-order valence-corrected chi connectivity index (χ4v) is 6.91. The summed E-state index contributed by atoms with van der Waals surface area (Å²) < 4.78 is 28.5. The van der Waals surface area contributed by atoms with Crippen LogP contribution in [0.3, 0.4) is 0 Å². The quantitative estimate of drug-likeness (QED) is 0.115. The van der Waals surface area contributed by atoms with Crippen molar-refractivity contribution >= 4 is 74.2 Å². The minimum Gasteiger partial charge on any atom is -0.397 e. The fraction of sp³-hybridized carbons (Fsp3) is 0.333. The third-order valence-corrected chi connectivity index (χ3v) is 9.55. The van der Waals surface area contributed by atoms with Crippen molar-refractivity contribution in [2.24, 2.45) is 16.1 Å². The van der Waals surface area contributed by atoms with Gasteiger partial charge in [0.2, 0.25) is 0 Å². The Kier molecular flexibility index (Phi) is 9.14. The largest absolute Gasteiger partial charge is 0.397 e. The lowest BCUT2D eigenvalue weighted by Crippen LogP contribution is -2.52. The summed E-state index contributed by atoms with van der Waals surface area (Å²) in [6.07, 6.45) is 2.59. The van der Waals surface area contributed by atoms with Gasteiger partial charge in [-0.25, -0.2) is 15.0 Å². The molecule has 15 heteroatoms. The summed E-state index contributed by atoms with van der Waals surface area (Å²) in [6.45, 7) is 5.77. The highest BCUT2D eigenvalue weighted by Gasteiger charge is 2.38. The van der Waals surface area contributed by atoms with E-state index in [0.717, 1.165) is 22.8 Å². The van der Waals surface area contributed by atoms with Crippen LogP contribution in [0.5, 0.6) is 0 Å². The number of nitroso groups, excluding NO2 is 1. The molecule has 0 bridgehead atoms. The van der Waals surface area contributed by atoms with Crippen LogP contribution in [0.4, 0.5) is 20.3 Å². The highest BCUT2D eigenvalue weighted by molar-refractivity contribution is 7.99. The number of hydrogen-bond acceptors (Lipinski definition) is 10. The molecule has 2 aromatic carbocycles. The van der Waals surface area contributed by atoms with Crippen molar-refractivity contribution in [2.45, 2.75) is 55.6 Å². The minimum absolute atomic E-state index is 0.0236. The number of halogens is 3. The lowest BCUT2D eigenvalue weighted by molar-refractivity contribution is -0.117. The van der Waals surface area contributed by atoms with Gasteiger partial charge in [-0.2, -0.15) is 8.78 Å². The van der Waals surface area contributed by atoms with Crippen LogP contribution in [-0.4, -0.2) is 64.1 Å². The molecule has 2 aliphatic rings. The van der Waals surface area contributed by atoms with E-state index in [1.165, 1.54) is 23.9 Å². The molecule has 1 atom stereocenters. The summed E-state index contributed by atoms with van der Waals surface area (Å²) in [7, 11) is 0. The molecule has 1 saturated heterocycles. The first-order valence-corrected chi connectivity index (χ1v) is 16.5. The topological polar surface area (TPSA) is 156 Å². The molecule has 11 nitrogen and oxygen atoms in total. The second-order valence-corrected chi connectivity index (χ2v) is 13.4. The Labute approximate surface area is 283 Å². The standard InChI is InChI=1S/C33H31ClF2N8O3S/c1-4-18-11-22(37)27-25(26(18)34)29(42-32(41-27)48-20-8-6-19-7-10-23(31(46)43-47)40-24(19)12-20)44-14-17(15-44)13-38-30(45)21-9-5-16(2)39-28(21)33(3,35)36/h6-12,16-17H,4-5,13-15,37H2,1-3H3,(H,38,45). The first-order chi connectivity index (χ1) is 22.9. The number of pyridine rings is 1. The molecule has 2 aliphatic heterocycles. The molecule has 0 aliphatic carbocycles. The van der Waals surface area contributed by atoms with Gasteiger partial charge in [-0.3, -0.25) is 14.6 Å². The maximum absolute atomic E-state index is 14.2. The molecule has 0 spiro atoms. The normalized spacial score (nSPS) is 16.8. The smallest absolute Gasteiger partial charge is 0.335 e. The van der Waals surface area contributed by atoms with Crippen molar-refractivity contribution in [2.75, 3.05) is 30.3 Å². The number of nitrogens with two attached hydrogens (primary N) is 1. The monoisotopic (exact) mass is 692 g/mol. The van der Waals surface area contributed by atoms with E-state index >= 15 is 0 Å². The van der Waals surface area contributed by atoms with Crippen LogP contribution in [0.25, 0.3) is 21.8 Å². The van der Waals surface area contributed by atoms with E-state index in [0.29, 0.717) is 64.0 Å². The number of anilines is 2. The van der Waals surface area contributed by atoms with Crippen molar-refractivity contribution in [1.29, 1.82) is 0 Å². The van der Waals surface area contributed by atoms with Gasteiger partial charge in [-0.1, -0.05) is 36.7 Å². The molecule has 2 amide bonds. The Balaban J connectivity index is 1.25. The molecular weight excluding hydrogens is 662 g/mol. The highest BCUT2D eigenvalue weighted by atomic mass is 35.5. The van der Waals surface area contributed by atoms with Gasteiger partial charge in [-0.05, 0) is 61.4 Å². The zero-order chi connectivity index (χ0) is 34.3. The summed E-state index contributed by atoms with van der Waals surface area (Å²) in [4.78, 5) is 56.2.